The fraction of sp³-hybridized carbons (Fsp3) is 0.400. The first-order valence-electron chi connectivity index (χ1n) is 6.93. The summed E-state index contributed by atoms with van der Waals surface area (Å²) >= 11 is 0. The lowest BCUT2D eigenvalue weighted by Gasteiger charge is -2.04. The zero-order chi connectivity index (χ0) is 16.0. The van der Waals surface area contributed by atoms with Crippen molar-refractivity contribution in [2.24, 2.45) is 7.05 Å². The summed E-state index contributed by atoms with van der Waals surface area (Å²) in [6.45, 7) is 0. The van der Waals surface area contributed by atoms with Gasteiger partial charge in [-0.25, -0.2) is 4.79 Å². The van der Waals surface area contributed by atoms with E-state index in [0.29, 0.717) is 10.9 Å². The van der Waals surface area contributed by atoms with Gasteiger partial charge in [-0.15, -0.1) is 0 Å². The Morgan fingerprint density at radius 3 is 2.55 bits per heavy atom. The standard InChI is InChI=1S/C15H16N2O5/c1-16-9-6-7-10(21-2)14(17(19)20)11(9)12(15(18)22-3)13(16)8-4-5-8/h6-8H,4-5H2,1-3H3. The Morgan fingerprint density at radius 2 is 2.05 bits per heavy atom. The molecule has 7 heteroatoms. The van der Waals surface area contributed by atoms with Crippen molar-refractivity contribution in [3.05, 3.63) is 33.5 Å². The number of rotatable bonds is 4. The van der Waals surface area contributed by atoms with Crippen LogP contribution in [-0.4, -0.2) is 29.7 Å². The highest BCUT2D eigenvalue weighted by atomic mass is 16.6. The van der Waals surface area contributed by atoms with Crippen LogP contribution in [0.2, 0.25) is 0 Å². The Bertz CT molecular complexity index is 789. The molecule has 0 aliphatic heterocycles. The average molecular weight is 304 g/mol. The van der Waals surface area contributed by atoms with Crippen LogP contribution in [-0.2, 0) is 11.8 Å². The van der Waals surface area contributed by atoms with Gasteiger partial charge >= 0.3 is 11.7 Å². The first kappa shape index (κ1) is 14.4. The number of aryl methyl sites for hydroxylation is 1. The maximum Gasteiger partial charge on any atom is 0.340 e. The molecule has 0 bridgehead atoms. The van der Waals surface area contributed by atoms with Crippen molar-refractivity contribution in [1.82, 2.24) is 4.57 Å². The van der Waals surface area contributed by atoms with Crippen LogP contribution in [0.25, 0.3) is 10.9 Å². The minimum Gasteiger partial charge on any atom is -0.490 e. The SMILES string of the molecule is COC(=O)c1c(C2CC2)n(C)c2ccc(OC)c([N+](=O)[O-])c12. The van der Waals surface area contributed by atoms with Crippen molar-refractivity contribution < 1.29 is 19.2 Å². The molecule has 1 aliphatic rings. The van der Waals surface area contributed by atoms with Crippen LogP contribution in [0.5, 0.6) is 5.75 Å². The third-order valence-electron chi connectivity index (χ3n) is 4.10. The molecule has 0 N–H and O–H groups in total. The molecule has 1 aromatic carbocycles. The topological polar surface area (TPSA) is 83.6 Å². The van der Waals surface area contributed by atoms with Gasteiger partial charge in [0.05, 0.1) is 35.6 Å². The molecule has 0 atom stereocenters. The number of hydrogen-bond acceptors (Lipinski definition) is 5. The Kier molecular flexibility index (Phi) is 3.27. The lowest BCUT2D eigenvalue weighted by atomic mass is 10.1. The van der Waals surface area contributed by atoms with Gasteiger partial charge in [0, 0.05) is 18.7 Å². The lowest BCUT2D eigenvalue weighted by molar-refractivity contribution is -0.384. The van der Waals surface area contributed by atoms with Crippen LogP contribution in [0.15, 0.2) is 12.1 Å². The zero-order valence-electron chi connectivity index (χ0n) is 12.6. The van der Waals surface area contributed by atoms with E-state index in [1.165, 1.54) is 14.2 Å². The van der Waals surface area contributed by atoms with Gasteiger partial charge in [-0.05, 0) is 25.0 Å². The van der Waals surface area contributed by atoms with Crippen molar-refractivity contribution in [3.8, 4) is 5.75 Å². The normalized spacial score (nSPS) is 14.1. The molecule has 0 radical (unpaired) electrons. The van der Waals surface area contributed by atoms with E-state index < -0.39 is 10.9 Å². The van der Waals surface area contributed by atoms with E-state index in [9.17, 15) is 14.9 Å². The highest BCUT2D eigenvalue weighted by Gasteiger charge is 2.37. The molecule has 1 heterocycles. The number of carbonyl (C=O) groups excluding carboxylic acids is 1. The van der Waals surface area contributed by atoms with E-state index >= 15 is 0 Å². The van der Waals surface area contributed by atoms with E-state index in [0.717, 1.165) is 18.5 Å². The molecular formula is C15H16N2O5. The minimum absolute atomic E-state index is 0.135. The van der Waals surface area contributed by atoms with Crippen molar-refractivity contribution in [1.29, 1.82) is 0 Å². The predicted molar refractivity (Wildman–Crippen MR) is 79.4 cm³/mol. The van der Waals surface area contributed by atoms with Crippen molar-refractivity contribution in [2.45, 2.75) is 18.8 Å². The van der Waals surface area contributed by atoms with Crippen LogP contribution < -0.4 is 4.74 Å². The zero-order valence-corrected chi connectivity index (χ0v) is 12.6. The molecule has 0 saturated heterocycles. The number of carbonyl (C=O) groups is 1. The van der Waals surface area contributed by atoms with E-state index in [1.54, 1.807) is 12.1 Å². The van der Waals surface area contributed by atoms with Crippen LogP contribution in [0.1, 0.15) is 34.8 Å². The Balaban J connectivity index is 2.47. The number of ether oxygens (including phenoxy) is 2. The summed E-state index contributed by atoms with van der Waals surface area (Å²) in [7, 11) is 4.47. The third kappa shape index (κ3) is 1.93. The molecular weight excluding hydrogens is 288 g/mol. The Hall–Kier alpha value is -2.57. The summed E-state index contributed by atoms with van der Waals surface area (Å²) in [6, 6.07) is 3.29. The summed E-state index contributed by atoms with van der Waals surface area (Å²) in [6.07, 6.45) is 1.94. The number of hydrogen-bond donors (Lipinski definition) is 0. The van der Waals surface area contributed by atoms with Crippen LogP contribution >= 0.6 is 0 Å². The highest BCUT2D eigenvalue weighted by Crippen LogP contribution is 2.48. The van der Waals surface area contributed by atoms with E-state index in [1.807, 2.05) is 11.6 Å². The predicted octanol–water partition coefficient (Wildman–Crippen LogP) is 2.76. The number of methoxy groups -OCH3 is 2. The molecule has 22 heavy (non-hydrogen) atoms. The summed E-state index contributed by atoms with van der Waals surface area (Å²) in [5.74, 6) is -0.170. The van der Waals surface area contributed by atoms with E-state index in [2.05, 4.69) is 0 Å². The molecule has 116 valence electrons. The molecule has 1 aromatic heterocycles. The third-order valence-corrected chi connectivity index (χ3v) is 4.10. The second kappa shape index (κ2) is 5.01. The molecule has 2 aromatic rings. The van der Waals surface area contributed by atoms with Crippen LogP contribution in [0, 0.1) is 10.1 Å². The van der Waals surface area contributed by atoms with Gasteiger partial charge in [-0.3, -0.25) is 10.1 Å². The maximum absolute atomic E-state index is 12.3. The lowest BCUT2D eigenvalue weighted by Crippen LogP contribution is -2.06. The number of benzene rings is 1. The minimum atomic E-state index is -0.552. The monoisotopic (exact) mass is 304 g/mol. The summed E-state index contributed by atoms with van der Waals surface area (Å²) in [5.41, 5.74) is 1.53. The second-order valence-corrected chi connectivity index (χ2v) is 5.35. The van der Waals surface area contributed by atoms with Crippen molar-refractivity contribution in [3.63, 3.8) is 0 Å². The number of fused-ring (bicyclic) bond motifs is 1. The molecule has 0 unspecified atom stereocenters. The molecule has 0 amide bonds. The quantitative estimate of drug-likeness (QED) is 0.492. The van der Waals surface area contributed by atoms with Gasteiger partial charge in [-0.1, -0.05) is 0 Å². The number of nitro groups is 1. The summed E-state index contributed by atoms with van der Waals surface area (Å²) in [4.78, 5) is 23.3. The molecule has 3 rings (SSSR count). The molecule has 7 nitrogen and oxygen atoms in total. The van der Waals surface area contributed by atoms with Gasteiger partial charge in [0.1, 0.15) is 0 Å². The summed E-state index contributed by atoms with van der Waals surface area (Å²) < 4.78 is 11.8. The van der Waals surface area contributed by atoms with Crippen LogP contribution in [0.3, 0.4) is 0 Å². The first-order valence-corrected chi connectivity index (χ1v) is 6.93. The van der Waals surface area contributed by atoms with Gasteiger partial charge in [0.25, 0.3) is 0 Å². The first-order chi connectivity index (χ1) is 10.5. The van der Waals surface area contributed by atoms with Crippen LogP contribution in [0.4, 0.5) is 5.69 Å². The fourth-order valence-corrected chi connectivity index (χ4v) is 3.00. The van der Waals surface area contributed by atoms with Gasteiger partial charge in [0.2, 0.25) is 0 Å². The summed E-state index contributed by atoms with van der Waals surface area (Å²) in [5, 5.41) is 11.8. The Labute approximate surface area is 126 Å². The largest absolute Gasteiger partial charge is 0.490 e. The number of nitro benzene ring substituents is 1. The van der Waals surface area contributed by atoms with Gasteiger partial charge < -0.3 is 14.0 Å². The van der Waals surface area contributed by atoms with Crippen molar-refractivity contribution in [2.75, 3.05) is 14.2 Å². The Morgan fingerprint density at radius 1 is 1.36 bits per heavy atom. The van der Waals surface area contributed by atoms with Gasteiger partial charge in [-0.2, -0.15) is 0 Å². The van der Waals surface area contributed by atoms with Crippen molar-refractivity contribution >= 4 is 22.6 Å². The maximum atomic E-state index is 12.3. The molecule has 1 aliphatic carbocycles. The van der Waals surface area contributed by atoms with Gasteiger partial charge in [0.15, 0.2) is 5.75 Å². The van der Waals surface area contributed by atoms with E-state index in [-0.39, 0.29) is 22.9 Å². The van der Waals surface area contributed by atoms with E-state index in [4.69, 9.17) is 9.47 Å². The smallest absolute Gasteiger partial charge is 0.340 e. The molecule has 1 fully saturated rings. The number of esters is 1. The number of aromatic nitrogens is 1. The fourth-order valence-electron chi connectivity index (χ4n) is 3.00. The second-order valence-electron chi connectivity index (χ2n) is 5.35. The average Bonchev–Trinajstić information content (AvgIpc) is 3.30. The highest BCUT2D eigenvalue weighted by molar-refractivity contribution is 6.10. The molecule has 0 spiro atoms. The molecule has 1 saturated carbocycles. The number of nitrogens with zero attached hydrogens (tertiary/aromatic N) is 2.